The lowest BCUT2D eigenvalue weighted by molar-refractivity contribution is 0.208. The van der Waals surface area contributed by atoms with Crippen LogP contribution in [0, 0.1) is 0 Å². The van der Waals surface area contributed by atoms with Crippen LogP contribution in [0.3, 0.4) is 0 Å². The molecule has 1 heterocycles. The zero-order valence-electron chi connectivity index (χ0n) is 11.5. The number of tetrazole rings is 1. The van der Waals surface area contributed by atoms with Crippen LogP contribution in [0.15, 0.2) is 40.8 Å². The Morgan fingerprint density at radius 3 is 2.77 bits per heavy atom. The highest BCUT2D eigenvalue weighted by Gasteiger charge is 2.23. The standard InChI is InChI=1S/C13H13ClN6O2/c14-10-7-3-4-8-11(10)19-13(22)20(17-16-19)12(21)18(15)9-5-1-2-6-9/h3-5,7-8H,1-2,6,15H2. The van der Waals surface area contributed by atoms with Gasteiger partial charge in [-0.3, -0.25) is 0 Å². The number of allylic oxidation sites excluding steroid dienone is 2. The molecule has 0 radical (unpaired) electrons. The Hall–Kier alpha value is -2.45. The minimum Gasteiger partial charge on any atom is -0.244 e. The molecule has 1 amide bonds. The normalized spacial score (nSPS) is 14.0. The predicted octanol–water partition coefficient (Wildman–Crippen LogP) is 1.29. The van der Waals surface area contributed by atoms with Crippen molar-refractivity contribution in [3.63, 3.8) is 0 Å². The van der Waals surface area contributed by atoms with Crippen LogP contribution in [-0.2, 0) is 0 Å². The first kappa shape index (κ1) is 14.5. The molecule has 1 aliphatic carbocycles. The van der Waals surface area contributed by atoms with E-state index in [-0.39, 0.29) is 0 Å². The molecule has 0 unspecified atom stereocenters. The molecule has 1 aliphatic rings. The van der Waals surface area contributed by atoms with Gasteiger partial charge in [-0.2, -0.15) is 4.68 Å². The summed E-state index contributed by atoms with van der Waals surface area (Å²) in [7, 11) is 0. The van der Waals surface area contributed by atoms with E-state index in [4.69, 9.17) is 17.4 Å². The van der Waals surface area contributed by atoms with E-state index in [0.717, 1.165) is 22.5 Å². The van der Waals surface area contributed by atoms with Crippen molar-refractivity contribution in [1.29, 1.82) is 0 Å². The van der Waals surface area contributed by atoms with Gasteiger partial charge in [-0.25, -0.2) is 20.4 Å². The number of benzene rings is 1. The maximum Gasteiger partial charge on any atom is 0.377 e. The highest BCUT2D eigenvalue weighted by atomic mass is 35.5. The molecular formula is C13H13ClN6O2. The molecule has 0 aliphatic heterocycles. The summed E-state index contributed by atoms with van der Waals surface area (Å²) in [6.07, 6.45) is 4.34. The number of nitrogens with zero attached hydrogens (tertiary/aromatic N) is 5. The molecule has 22 heavy (non-hydrogen) atoms. The number of nitrogens with two attached hydrogens (primary N) is 1. The van der Waals surface area contributed by atoms with Crippen LogP contribution in [0.2, 0.25) is 5.02 Å². The molecule has 0 fully saturated rings. The quantitative estimate of drug-likeness (QED) is 0.389. The molecule has 114 valence electrons. The lowest BCUT2D eigenvalue weighted by Gasteiger charge is -2.15. The first-order chi connectivity index (χ1) is 10.6. The van der Waals surface area contributed by atoms with Crippen molar-refractivity contribution >= 4 is 17.6 Å². The largest absolute Gasteiger partial charge is 0.377 e. The third-order valence-corrected chi connectivity index (χ3v) is 3.70. The fourth-order valence-electron chi connectivity index (χ4n) is 2.24. The van der Waals surface area contributed by atoms with Gasteiger partial charge in [0.1, 0.15) is 0 Å². The van der Waals surface area contributed by atoms with Crippen molar-refractivity contribution in [3.05, 3.63) is 51.5 Å². The van der Waals surface area contributed by atoms with E-state index in [2.05, 4.69) is 10.4 Å². The highest BCUT2D eigenvalue weighted by Crippen LogP contribution is 2.19. The van der Waals surface area contributed by atoms with E-state index in [1.165, 1.54) is 0 Å². The second-order valence-electron chi connectivity index (χ2n) is 4.78. The third-order valence-electron chi connectivity index (χ3n) is 3.38. The van der Waals surface area contributed by atoms with E-state index < -0.39 is 11.7 Å². The molecule has 0 saturated heterocycles. The Morgan fingerprint density at radius 1 is 1.32 bits per heavy atom. The van der Waals surface area contributed by atoms with Gasteiger partial charge in [-0.05, 0) is 41.8 Å². The minimum atomic E-state index is -0.753. The maximum absolute atomic E-state index is 12.3. The average Bonchev–Trinajstić information content (AvgIpc) is 3.16. The highest BCUT2D eigenvalue weighted by molar-refractivity contribution is 6.32. The van der Waals surface area contributed by atoms with E-state index in [1.54, 1.807) is 24.3 Å². The Labute approximate surface area is 130 Å². The predicted molar refractivity (Wildman–Crippen MR) is 79.4 cm³/mol. The van der Waals surface area contributed by atoms with Gasteiger partial charge in [0.15, 0.2) is 0 Å². The van der Waals surface area contributed by atoms with Gasteiger partial charge in [0.05, 0.1) is 10.7 Å². The van der Waals surface area contributed by atoms with Crippen LogP contribution in [0.1, 0.15) is 19.3 Å². The first-order valence-electron chi connectivity index (χ1n) is 6.67. The molecule has 1 aromatic carbocycles. The van der Waals surface area contributed by atoms with Crippen LogP contribution in [0.4, 0.5) is 4.79 Å². The number of para-hydroxylation sites is 1. The summed E-state index contributed by atoms with van der Waals surface area (Å²) in [5.74, 6) is 5.75. The minimum absolute atomic E-state index is 0.326. The van der Waals surface area contributed by atoms with Crippen molar-refractivity contribution in [2.24, 2.45) is 5.84 Å². The van der Waals surface area contributed by atoms with E-state index >= 15 is 0 Å². The fourth-order valence-corrected chi connectivity index (χ4v) is 2.45. The molecule has 1 aromatic heterocycles. The van der Waals surface area contributed by atoms with Crippen molar-refractivity contribution < 1.29 is 4.79 Å². The smallest absolute Gasteiger partial charge is 0.244 e. The Morgan fingerprint density at radius 2 is 2.09 bits per heavy atom. The fraction of sp³-hybridized carbons (Fsp3) is 0.231. The molecular weight excluding hydrogens is 308 g/mol. The second-order valence-corrected chi connectivity index (χ2v) is 5.18. The van der Waals surface area contributed by atoms with Gasteiger partial charge in [-0.15, -0.1) is 4.68 Å². The Balaban J connectivity index is 1.96. The van der Waals surface area contributed by atoms with Crippen molar-refractivity contribution in [2.75, 3.05) is 0 Å². The van der Waals surface area contributed by atoms with Crippen LogP contribution in [0.25, 0.3) is 5.69 Å². The molecule has 2 N–H and O–H groups in total. The lowest BCUT2D eigenvalue weighted by atomic mass is 10.3. The molecule has 3 rings (SSSR count). The monoisotopic (exact) mass is 320 g/mol. The number of rotatable bonds is 2. The summed E-state index contributed by atoms with van der Waals surface area (Å²) in [6, 6.07) is 5.89. The van der Waals surface area contributed by atoms with Crippen molar-refractivity contribution in [2.45, 2.75) is 19.3 Å². The summed E-state index contributed by atoms with van der Waals surface area (Å²) in [6.45, 7) is 0. The molecule has 0 bridgehead atoms. The van der Waals surface area contributed by atoms with Gasteiger partial charge in [-0.1, -0.05) is 29.8 Å². The number of carbonyl (C=O) groups is 1. The van der Waals surface area contributed by atoms with Crippen molar-refractivity contribution in [3.8, 4) is 5.69 Å². The Kier molecular flexibility index (Phi) is 3.78. The summed E-state index contributed by atoms with van der Waals surface area (Å²) < 4.78 is 1.57. The van der Waals surface area contributed by atoms with Gasteiger partial charge in [0.25, 0.3) is 0 Å². The number of aromatic nitrogens is 4. The van der Waals surface area contributed by atoms with Crippen LogP contribution in [-0.4, -0.2) is 30.8 Å². The van der Waals surface area contributed by atoms with E-state index in [1.807, 2.05) is 6.08 Å². The second kappa shape index (κ2) is 5.74. The Bertz CT molecular complexity index is 809. The number of hydrogen-bond acceptors (Lipinski definition) is 5. The number of carbonyl (C=O) groups excluding carboxylic acids is 1. The summed E-state index contributed by atoms with van der Waals surface area (Å²) in [4.78, 5) is 24.6. The lowest BCUT2D eigenvalue weighted by Crippen LogP contribution is -2.44. The van der Waals surface area contributed by atoms with Gasteiger partial charge >= 0.3 is 11.7 Å². The SMILES string of the molecule is NN(C(=O)n1nnn(-c2ccccc2Cl)c1=O)C1=CCCC1. The van der Waals surface area contributed by atoms with Gasteiger partial charge in [0.2, 0.25) is 0 Å². The molecule has 0 saturated carbocycles. The van der Waals surface area contributed by atoms with Gasteiger partial charge < -0.3 is 0 Å². The zero-order valence-corrected chi connectivity index (χ0v) is 12.3. The summed E-state index contributed by atoms with van der Waals surface area (Å²) in [5, 5.41) is 8.53. The molecule has 0 spiro atoms. The molecule has 2 aromatic rings. The average molecular weight is 321 g/mol. The zero-order chi connectivity index (χ0) is 15.7. The summed E-state index contributed by atoms with van der Waals surface area (Å²) >= 11 is 6.02. The number of hydrazine groups is 1. The number of amides is 1. The van der Waals surface area contributed by atoms with Crippen LogP contribution >= 0.6 is 11.6 Å². The van der Waals surface area contributed by atoms with E-state index in [9.17, 15) is 9.59 Å². The topological polar surface area (TPSA) is 99.0 Å². The summed E-state index contributed by atoms with van der Waals surface area (Å²) in [5.41, 5.74) is 0.285. The molecule has 0 atom stereocenters. The molecule has 9 heteroatoms. The van der Waals surface area contributed by atoms with Crippen LogP contribution in [0.5, 0.6) is 0 Å². The first-order valence-corrected chi connectivity index (χ1v) is 7.05. The number of hydrogen-bond donors (Lipinski definition) is 1. The van der Waals surface area contributed by atoms with Crippen LogP contribution < -0.4 is 11.5 Å². The van der Waals surface area contributed by atoms with E-state index in [0.29, 0.717) is 27.5 Å². The van der Waals surface area contributed by atoms with Crippen molar-refractivity contribution in [1.82, 2.24) is 24.8 Å². The molecule has 8 nitrogen and oxygen atoms in total. The maximum atomic E-state index is 12.3. The number of halogens is 1. The third kappa shape index (κ3) is 2.42. The van der Waals surface area contributed by atoms with Gasteiger partial charge in [0, 0.05) is 5.70 Å².